The zero-order valence-corrected chi connectivity index (χ0v) is 23.8. The van der Waals surface area contributed by atoms with Crippen LogP contribution >= 0.6 is 0 Å². The quantitative estimate of drug-likeness (QED) is 0.177. The van der Waals surface area contributed by atoms with Crippen LogP contribution in [0.15, 0.2) is 36.5 Å². The van der Waals surface area contributed by atoms with Gasteiger partial charge in [0, 0.05) is 66.0 Å². The number of H-pyrrole nitrogens is 2. The Morgan fingerprint density at radius 3 is 2.18 bits per heavy atom. The van der Waals surface area contributed by atoms with E-state index in [1.807, 2.05) is 20.2 Å². The van der Waals surface area contributed by atoms with E-state index in [1.54, 1.807) is 7.11 Å². The fraction of sp³-hybridized carbons (Fsp3) is 0.433. The lowest BCUT2D eigenvalue weighted by Crippen LogP contribution is -2.13. The normalized spacial score (nSPS) is 11.7. The molecule has 210 valence electrons. The molecule has 0 bridgehead atoms. The van der Waals surface area contributed by atoms with E-state index < -0.39 is 0 Å². The first-order valence-electron chi connectivity index (χ1n) is 13.2. The van der Waals surface area contributed by atoms with Crippen LogP contribution in [-0.2, 0) is 27.4 Å². The molecule has 4 aromatic rings. The van der Waals surface area contributed by atoms with Gasteiger partial charge in [-0.3, -0.25) is 4.79 Å². The minimum atomic E-state index is -0.224. The standard InChI is InChI=1S/C30H40N4O5/c1-33(2)18-23-26(38-13-7-8-28(35)37-6)11-9-20-16-25(32-29(20)23)22-17-31-30-21(22)10-12-27(39-15-14-36-5)24(30)19-34(3)4/h9-12,16-17,31-32H,7-8,13-15,18-19H2,1-6H3. The molecule has 4 rings (SSSR count). The van der Waals surface area contributed by atoms with Crippen LogP contribution < -0.4 is 9.47 Å². The Kier molecular flexibility index (Phi) is 9.50. The highest BCUT2D eigenvalue weighted by Gasteiger charge is 2.18. The summed E-state index contributed by atoms with van der Waals surface area (Å²) in [6.45, 7) is 2.94. The number of nitrogens with zero attached hydrogens (tertiary/aromatic N) is 2. The second-order valence-electron chi connectivity index (χ2n) is 10.2. The van der Waals surface area contributed by atoms with Gasteiger partial charge in [0.2, 0.25) is 0 Å². The topological polar surface area (TPSA) is 92.0 Å². The van der Waals surface area contributed by atoms with Crippen molar-refractivity contribution in [1.82, 2.24) is 19.8 Å². The Morgan fingerprint density at radius 1 is 0.846 bits per heavy atom. The van der Waals surface area contributed by atoms with E-state index >= 15 is 0 Å². The summed E-state index contributed by atoms with van der Waals surface area (Å²) in [5.41, 5.74) is 6.45. The number of methoxy groups -OCH3 is 2. The number of fused-ring (bicyclic) bond motifs is 2. The highest BCUT2D eigenvalue weighted by molar-refractivity contribution is 6.00. The molecule has 0 aliphatic heterocycles. The Hall–Kier alpha value is -3.53. The van der Waals surface area contributed by atoms with Crippen molar-refractivity contribution in [1.29, 1.82) is 0 Å². The number of aromatic nitrogens is 2. The Bertz CT molecular complexity index is 1410. The second kappa shape index (κ2) is 13.0. The summed E-state index contributed by atoms with van der Waals surface area (Å²) >= 11 is 0. The zero-order chi connectivity index (χ0) is 27.9. The molecule has 2 aromatic carbocycles. The van der Waals surface area contributed by atoms with Crippen molar-refractivity contribution in [3.05, 3.63) is 47.7 Å². The molecule has 2 heterocycles. The summed E-state index contributed by atoms with van der Waals surface area (Å²) in [6, 6.07) is 10.5. The minimum Gasteiger partial charge on any atom is -0.493 e. The molecular formula is C30H40N4O5. The average molecular weight is 537 g/mol. The van der Waals surface area contributed by atoms with E-state index in [9.17, 15) is 4.79 Å². The molecular weight excluding hydrogens is 496 g/mol. The van der Waals surface area contributed by atoms with Crippen LogP contribution in [0.2, 0.25) is 0 Å². The number of carbonyl (C=O) groups excluding carboxylic acids is 1. The molecule has 0 aliphatic carbocycles. The van der Waals surface area contributed by atoms with Gasteiger partial charge in [-0.2, -0.15) is 0 Å². The van der Waals surface area contributed by atoms with Crippen molar-refractivity contribution in [3.8, 4) is 22.8 Å². The van der Waals surface area contributed by atoms with Crippen molar-refractivity contribution in [2.45, 2.75) is 25.9 Å². The van der Waals surface area contributed by atoms with Crippen molar-refractivity contribution in [3.63, 3.8) is 0 Å². The van der Waals surface area contributed by atoms with Gasteiger partial charge in [-0.25, -0.2) is 0 Å². The SMILES string of the molecule is COCCOc1ccc2c(-c3cc4ccc(OCCCC(=O)OC)c(CN(C)C)c4[nH]3)c[nH]c2c1CN(C)C. The van der Waals surface area contributed by atoms with Crippen molar-refractivity contribution >= 4 is 27.8 Å². The summed E-state index contributed by atoms with van der Waals surface area (Å²) in [5, 5.41) is 2.25. The summed E-state index contributed by atoms with van der Waals surface area (Å²) < 4.78 is 22.1. The van der Waals surface area contributed by atoms with Crippen molar-refractivity contribution in [2.75, 3.05) is 62.2 Å². The van der Waals surface area contributed by atoms with E-state index in [-0.39, 0.29) is 5.97 Å². The number of hydrogen-bond donors (Lipinski definition) is 2. The van der Waals surface area contributed by atoms with Crippen LogP contribution in [0.4, 0.5) is 0 Å². The predicted octanol–water partition coefficient (Wildman–Crippen LogP) is 4.80. The number of rotatable bonds is 14. The molecule has 0 saturated carbocycles. The van der Waals surface area contributed by atoms with Crippen molar-refractivity contribution in [2.24, 2.45) is 0 Å². The Balaban J connectivity index is 1.70. The van der Waals surface area contributed by atoms with Gasteiger partial charge < -0.3 is 38.7 Å². The second-order valence-corrected chi connectivity index (χ2v) is 10.2. The van der Waals surface area contributed by atoms with Crippen LogP contribution in [0.5, 0.6) is 11.5 Å². The largest absolute Gasteiger partial charge is 0.493 e. The van der Waals surface area contributed by atoms with Gasteiger partial charge >= 0.3 is 5.97 Å². The maximum Gasteiger partial charge on any atom is 0.305 e. The van der Waals surface area contributed by atoms with Gasteiger partial charge in [0.1, 0.15) is 18.1 Å². The first-order valence-corrected chi connectivity index (χ1v) is 13.2. The van der Waals surface area contributed by atoms with Gasteiger partial charge in [0.25, 0.3) is 0 Å². The first kappa shape index (κ1) is 28.5. The molecule has 0 fully saturated rings. The average Bonchev–Trinajstić information content (AvgIpc) is 3.52. The number of ether oxygens (including phenoxy) is 4. The van der Waals surface area contributed by atoms with Crippen LogP contribution in [0.3, 0.4) is 0 Å². The third-order valence-electron chi connectivity index (χ3n) is 6.58. The van der Waals surface area contributed by atoms with Gasteiger partial charge in [-0.1, -0.05) is 0 Å². The molecule has 2 aromatic heterocycles. The number of nitrogens with one attached hydrogen (secondary N) is 2. The van der Waals surface area contributed by atoms with E-state index in [1.165, 1.54) is 7.11 Å². The molecule has 0 aliphatic rings. The monoisotopic (exact) mass is 536 g/mol. The highest BCUT2D eigenvalue weighted by Crippen LogP contribution is 2.38. The number of carbonyl (C=O) groups is 1. The van der Waals surface area contributed by atoms with E-state index in [0.717, 1.165) is 62.2 Å². The first-order chi connectivity index (χ1) is 18.8. The molecule has 2 N–H and O–H groups in total. The Morgan fingerprint density at radius 2 is 1.51 bits per heavy atom. The maximum absolute atomic E-state index is 11.5. The van der Waals surface area contributed by atoms with Crippen molar-refractivity contribution < 1.29 is 23.7 Å². The number of aromatic amines is 2. The molecule has 39 heavy (non-hydrogen) atoms. The fourth-order valence-electron chi connectivity index (χ4n) is 4.80. The van der Waals surface area contributed by atoms with Crippen LogP contribution in [0.25, 0.3) is 33.1 Å². The lowest BCUT2D eigenvalue weighted by Gasteiger charge is -2.16. The summed E-state index contributed by atoms with van der Waals surface area (Å²) in [5.74, 6) is 1.46. The molecule has 0 atom stereocenters. The molecule has 0 spiro atoms. The molecule has 0 amide bonds. The van der Waals surface area contributed by atoms with E-state index in [4.69, 9.17) is 18.9 Å². The number of benzene rings is 2. The zero-order valence-electron chi connectivity index (χ0n) is 23.8. The predicted molar refractivity (Wildman–Crippen MR) is 154 cm³/mol. The van der Waals surface area contributed by atoms with Crippen LogP contribution in [0, 0.1) is 0 Å². The van der Waals surface area contributed by atoms with Gasteiger partial charge in [0.15, 0.2) is 0 Å². The number of esters is 1. The molecule has 0 radical (unpaired) electrons. The molecule has 0 unspecified atom stereocenters. The van der Waals surface area contributed by atoms with Crippen LogP contribution in [-0.4, -0.2) is 88.0 Å². The third-order valence-corrected chi connectivity index (χ3v) is 6.58. The summed E-state index contributed by atoms with van der Waals surface area (Å²) in [4.78, 5) is 22.9. The van der Waals surface area contributed by atoms with Gasteiger partial charge in [-0.05, 0) is 64.9 Å². The molecule has 9 nitrogen and oxygen atoms in total. The number of hydrogen-bond acceptors (Lipinski definition) is 7. The van der Waals surface area contributed by atoms with Crippen LogP contribution in [0.1, 0.15) is 24.0 Å². The maximum atomic E-state index is 11.5. The third kappa shape index (κ3) is 6.73. The van der Waals surface area contributed by atoms with Gasteiger partial charge in [0.05, 0.1) is 31.4 Å². The fourth-order valence-corrected chi connectivity index (χ4v) is 4.80. The minimum absolute atomic E-state index is 0.224. The highest BCUT2D eigenvalue weighted by atomic mass is 16.5. The Labute approximate surface area is 230 Å². The van der Waals surface area contributed by atoms with E-state index in [2.05, 4.69) is 64.3 Å². The van der Waals surface area contributed by atoms with E-state index in [0.29, 0.717) is 39.2 Å². The summed E-state index contributed by atoms with van der Waals surface area (Å²) in [6.07, 6.45) is 3.00. The smallest absolute Gasteiger partial charge is 0.305 e. The lowest BCUT2D eigenvalue weighted by atomic mass is 10.1. The van der Waals surface area contributed by atoms with Gasteiger partial charge in [-0.15, -0.1) is 0 Å². The lowest BCUT2D eigenvalue weighted by molar-refractivity contribution is -0.140. The summed E-state index contributed by atoms with van der Waals surface area (Å²) in [7, 11) is 11.3. The molecule has 0 saturated heterocycles. The molecule has 9 heteroatoms.